The molecule has 0 amide bonds. The summed E-state index contributed by atoms with van der Waals surface area (Å²) < 4.78 is 10.2. The van der Waals surface area contributed by atoms with Gasteiger partial charge in [-0.25, -0.2) is 4.98 Å². The summed E-state index contributed by atoms with van der Waals surface area (Å²) in [6, 6.07) is 4.19. The van der Waals surface area contributed by atoms with Crippen LogP contribution in [0.1, 0.15) is 5.56 Å². The minimum atomic E-state index is -0.545. The summed E-state index contributed by atoms with van der Waals surface area (Å²) in [5, 5.41) is 15.7. The van der Waals surface area contributed by atoms with Gasteiger partial charge in [-0.05, 0) is 12.1 Å². The number of aromatic nitrogens is 1. The number of nitrogens with zero attached hydrogens (tertiary/aromatic N) is 3. The molecule has 0 spiro atoms. The number of nitro benzene ring substituents is 1. The van der Waals surface area contributed by atoms with Gasteiger partial charge >= 0.3 is 0 Å². The molecule has 0 saturated heterocycles. The van der Waals surface area contributed by atoms with Crippen molar-refractivity contribution in [1.82, 2.24) is 4.98 Å². The van der Waals surface area contributed by atoms with Gasteiger partial charge in [-0.2, -0.15) is 5.10 Å². The highest BCUT2D eigenvalue weighted by atomic mass is 35.5. The van der Waals surface area contributed by atoms with E-state index in [2.05, 4.69) is 15.5 Å². The van der Waals surface area contributed by atoms with Gasteiger partial charge in [0.1, 0.15) is 0 Å². The Morgan fingerprint density at radius 3 is 2.50 bits per heavy atom. The smallest absolute Gasteiger partial charge is 0.282 e. The number of halogens is 2. The Morgan fingerprint density at radius 1 is 1.25 bits per heavy atom. The van der Waals surface area contributed by atoms with Crippen LogP contribution in [0.2, 0.25) is 10.0 Å². The molecule has 0 unspecified atom stereocenters. The van der Waals surface area contributed by atoms with Crippen molar-refractivity contribution in [2.45, 2.75) is 0 Å². The number of rotatable bonds is 6. The lowest BCUT2D eigenvalue weighted by molar-refractivity contribution is -0.385. The molecule has 126 valence electrons. The van der Waals surface area contributed by atoms with E-state index in [1.54, 1.807) is 0 Å². The zero-order chi connectivity index (χ0) is 17.7. The van der Waals surface area contributed by atoms with Gasteiger partial charge in [-0.1, -0.05) is 23.2 Å². The van der Waals surface area contributed by atoms with E-state index < -0.39 is 4.92 Å². The SMILES string of the molecule is COc1cc(/C=N\Nc2ncc(Cl)cc2Cl)c([N+](=O)[O-])cc1OC. The third kappa shape index (κ3) is 4.03. The highest BCUT2D eigenvalue weighted by Crippen LogP contribution is 2.33. The minimum Gasteiger partial charge on any atom is -0.493 e. The van der Waals surface area contributed by atoms with Gasteiger partial charge in [-0.3, -0.25) is 15.5 Å². The molecule has 10 heteroatoms. The first kappa shape index (κ1) is 17.8. The molecule has 0 bridgehead atoms. The lowest BCUT2D eigenvalue weighted by Gasteiger charge is -2.08. The summed E-state index contributed by atoms with van der Waals surface area (Å²) in [6.45, 7) is 0. The monoisotopic (exact) mass is 370 g/mol. The first-order valence-electron chi connectivity index (χ1n) is 6.46. The third-order valence-electron chi connectivity index (χ3n) is 2.91. The van der Waals surface area contributed by atoms with Gasteiger partial charge in [-0.15, -0.1) is 0 Å². The van der Waals surface area contributed by atoms with Crippen LogP contribution >= 0.6 is 23.2 Å². The Morgan fingerprint density at radius 2 is 1.92 bits per heavy atom. The first-order valence-corrected chi connectivity index (χ1v) is 7.22. The van der Waals surface area contributed by atoms with Gasteiger partial charge in [0.15, 0.2) is 17.3 Å². The number of ether oxygens (including phenoxy) is 2. The molecule has 0 aliphatic carbocycles. The quantitative estimate of drug-likeness (QED) is 0.472. The van der Waals surface area contributed by atoms with Gasteiger partial charge in [0.2, 0.25) is 0 Å². The Hall–Kier alpha value is -2.58. The largest absolute Gasteiger partial charge is 0.493 e. The molecule has 24 heavy (non-hydrogen) atoms. The minimum absolute atomic E-state index is 0.187. The van der Waals surface area contributed by atoms with Crippen molar-refractivity contribution >= 4 is 40.9 Å². The second-order valence-corrected chi connectivity index (χ2v) is 5.22. The highest BCUT2D eigenvalue weighted by molar-refractivity contribution is 6.35. The van der Waals surface area contributed by atoms with Crippen LogP contribution in [-0.2, 0) is 0 Å². The molecule has 1 heterocycles. The summed E-state index contributed by atoms with van der Waals surface area (Å²) in [5.74, 6) is 0.851. The molecule has 0 atom stereocenters. The van der Waals surface area contributed by atoms with E-state index in [-0.39, 0.29) is 27.8 Å². The van der Waals surface area contributed by atoms with Gasteiger partial charge in [0.25, 0.3) is 5.69 Å². The van der Waals surface area contributed by atoms with Crippen molar-refractivity contribution in [3.05, 3.63) is 50.1 Å². The molecule has 0 radical (unpaired) electrons. The van der Waals surface area contributed by atoms with Crippen LogP contribution in [-0.4, -0.2) is 30.3 Å². The van der Waals surface area contributed by atoms with Crippen LogP contribution in [0.3, 0.4) is 0 Å². The Labute approximate surface area is 147 Å². The molecular formula is C14H12Cl2N4O4. The Balaban J connectivity index is 2.31. The standard InChI is InChI=1S/C14H12Cl2N4O4/c1-23-12-3-8(11(20(21)22)5-13(12)24-2)6-18-19-14-10(16)4-9(15)7-17-14/h3-7H,1-2H3,(H,17,19)/b18-6-. The van der Waals surface area contributed by atoms with Crippen molar-refractivity contribution < 1.29 is 14.4 Å². The average molecular weight is 371 g/mol. The summed E-state index contributed by atoms with van der Waals surface area (Å²) in [6.07, 6.45) is 2.65. The molecule has 0 saturated carbocycles. The second-order valence-electron chi connectivity index (χ2n) is 4.38. The highest BCUT2D eigenvalue weighted by Gasteiger charge is 2.18. The van der Waals surface area contributed by atoms with E-state index >= 15 is 0 Å². The van der Waals surface area contributed by atoms with Gasteiger partial charge in [0.05, 0.1) is 47.0 Å². The summed E-state index contributed by atoms with van der Waals surface area (Å²) in [7, 11) is 2.82. The number of anilines is 1. The van der Waals surface area contributed by atoms with Crippen molar-refractivity contribution in [2.75, 3.05) is 19.6 Å². The average Bonchev–Trinajstić information content (AvgIpc) is 2.56. The maximum Gasteiger partial charge on any atom is 0.282 e. The van der Waals surface area contributed by atoms with Crippen LogP contribution in [0, 0.1) is 10.1 Å². The van der Waals surface area contributed by atoms with E-state index in [0.29, 0.717) is 10.8 Å². The van der Waals surface area contributed by atoms with Crippen molar-refractivity contribution in [2.24, 2.45) is 5.10 Å². The Kier molecular flexibility index (Phi) is 5.78. The molecule has 1 aromatic carbocycles. The number of nitrogens with one attached hydrogen (secondary N) is 1. The normalized spacial score (nSPS) is 10.7. The zero-order valence-electron chi connectivity index (χ0n) is 12.6. The Bertz CT molecular complexity index is 799. The maximum absolute atomic E-state index is 11.2. The molecule has 0 fully saturated rings. The third-order valence-corrected chi connectivity index (χ3v) is 3.41. The lowest BCUT2D eigenvalue weighted by atomic mass is 10.1. The number of hydrazone groups is 1. The molecule has 8 nitrogen and oxygen atoms in total. The zero-order valence-corrected chi connectivity index (χ0v) is 14.1. The van der Waals surface area contributed by atoms with Crippen LogP contribution in [0.25, 0.3) is 0 Å². The van der Waals surface area contributed by atoms with E-state index in [1.165, 1.54) is 44.8 Å². The summed E-state index contributed by atoms with van der Waals surface area (Å²) >= 11 is 11.7. The van der Waals surface area contributed by atoms with E-state index in [0.717, 1.165) is 0 Å². The number of hydrogen-bond donors (Lipinski definition) is 1. The molecule has 1 aromatic heterocycles. The molecule has 2 rings (SSSR count). The maximum atomic E-state index is 11.2. The first-order chi connectivity index (χ1) is 11.5. The number of pyridine rings is 1. The number of benzene rings is 1. The molecule has 1 N–H and O–H groups in total. The van der Waals surface area contributed by atoms with Crippen LogP contribution < -0.4 is 14.9 Å². The van der Waals surface area contributed by atoms with Crippen molar-refractivity contribution in [3.8, 4) is 11.5 Å². The van der Waals surface area contributed by atoms with Gasteiger partial charge in [0, 0.05) is 6.20 Å². The van der Waals surface area contributed by atoms with Gasteiger partial charge < -0.3 is 9.47 Å². The molecule has 2 aromatic rings. The van der Waals surface area contributed by atoms with Crippen molar-refractivity contribution in [3.63, 3.8) is 0 Å². The fourth-order valence-electron chi connectivity index (χ4n) is 1.81. The van der Waals surface area contributed by atoms with E-state index in [4.69, 9.17) is 32.7 Å². The van der Waals surface area contributed by atoms with Crippen LogP contribution in [0.5, 0.6) is 11.5 Å². The topological polar surface area (TPSA) is 98.9 Å². The number of nitro groups is 1. The predicted octanol–water partition coefficient (Wildman–Crippen LogP) is 3.76. The lowest BCUT2D eigenvalue weighted by Crippen LogP contribution is -2.00. The van der Waals surface area contributed by atoms with E-state index in [9.17, 15) is 10.1 Å². The number of methoxy groups -OCH3 is 2. The number of hydrogen-bond acceptors (Lipinski definition) is 7. The fraction of sp³-hybridized carbons (Fsp3) is 0.143. The van der Waals surface area contributed by atoms with Crippen LogP contribution in [0.15, 0.2) is 29.5 Å². The van der Waals surface area contributed by atoms with E-state index in [1.807, 2.05) is 0 Å². The second kappa shape index (κ2) is 7.80. The molecule has 0 aliphatic heterocycles. The van der Waals surface area contributed by atoms with Crippen molar-refractivity contribution in [1.29, 1.82) is 0 Å². The predicted molar refractivity (Wildman–Crippen MR) is 91.7 cm³/mol. The summed E-state index contributed by atoms with van der Waals surface area (Å²) in [4.78, 5) is 14.6. The van der Waals surface area contributed by atoms with Crippen LogP contribution in [0.4, 0.5) is 11.5 Å². The molecule has 0 aliphatic rings. The summed E-state index contributed by atoms with van der Waals surface area (Å²) in [5.41, 5.74) is 2.63. The fourth-order valence-corrected chi connectivity index (χ4v) is 2.23. The molecular weight excluding hydrogens is 359 g/mol.